The fourth-order valence-electron chi connectivity index (χ4n) is 3.05. The summed E-state index contributed by atoms with van der Waals surface area (Å²) in [6.07, 6.45) is -4.55. The lowest BCUT2D eigenvalue weighted by molar-refractivity contribution is -0.141. The van der Waals surface area contributed by atoms with Gasteiger partial charge in [0.05, 0.1) is 12.7 Å². The summed E-state index contributed by atoms with van der Waals surface area (Å²) in [6.45, 7) is 2.78. The zero-order valence-corrected chi connectivity index (χ0v) is 15.9. The van der Waals surface area contributed by atoms with E-state index in [2.05, 4.69) is 14.7 Å². The highest BCUT2D eigenvalue weighted by atomic mass is 19.4. The molecule has 0 unspecified atom stereocenters. The maximum atomic E-state index is 13.0. The van der Waals surface area contributed by atoms with E-state index in [1.54, 1.807) is 21.9 Å². The van der Waals surface area contributed by atoms with Gasteiger partial charge in [0.25, 0.3) is 5.91 Å². The molecule has 1 fully saturated rings. The van der Waals surface area contributed by atoms with E-state index in [1.165, 1.54) is 26.2 Å². The van der Waals surface area contributed by atoms with Crippen molar-refractivity contribution in [3.8, 4) is 0 Å². The molecule has 0 atom stereocenters. The van der Waals surface area contributed by atoms with E-state index in [0.29, 0.717) is 37.3 Å². The number of aryl methyl sites for hydroxylation is 1. The van der Waals surface area contributed by atoms with Crippen molar-refractivity contribution in [2.24, 2.45) is 0 Å². The molecule has 1 aromatic heterocycles. The third kappa shape index (κ3) is 4.64. The molecule has 1 aliphatic rings. The Kier molecular flexibility index (Phi) is 5.71. The highest BCUT2D eigenvalue weighted by molar-refractivity contribution is 5.96. The third-order valence-corrected chi connectivity index (χ3v) is 4.56. The van der Waals surface area contributed by atoms with Crippen LogP contribution in [-0.4, -0.2) is 60.0 Å². The fraction of sp³-hybridized carbons (Fsp3) is 0.368. The van der Waals surface area contributed by atoms with Crippen molar-refractivity contribution in [1.82, 2.24) is 14.9 Å². The second kappa shape index (κ2) is 8.06. The van der Waals surface area contributed by atoms with Gasteiger partial charge in [-0.05, 0) is 31.2 Å². The van der Waals surface area contributed by atoms with Crippen LogP contribution in [-0.2, 0) is 10.9 Å². The number of esters is 1. The Morgan fingerprint density at radius 1 is 1.00 bits per heavy atom. The summed E-state index contributed by atoms with van der Waals surface area (Å²) in [5, 5.41) is 0. The van der Waals surface area contributed by atoms with Gasteiger partial charge >= 0.3 is 12.1 Å². The Morgan fingerprint density at radius 2 is 1.59 bits per heavy atom. The van der Waals surface area contributed by atoms with Crippen LogP contribution >= 0.6 is 0 Å². The van der Waals surface area contributed by atoms with Crippen molar-refractivity contribution in [2.75, 3.05) is 38.2 Å². The smallest absolute Gasteiger partial charge is 0.433 e. The minimum atomic E-state index is -4.55. The van der Waals surface area contributed by atoms with Crippen LogP contribution < -0.4 is 4.90 Å². The molecular weight excluding hydrogens is 389 g/mol. The Hall–Kier alpha value is -3.17. The van der Waals surface area contributed by atoms with Gasteiger partial charge in [0.2, 0.25) is 0 Å². The molecule has 2 heterocycles. The first kappa shape index (κ1) is 20.6. The van der Waals surface area contributed by atoms with Gasteiger partial charge in [0.15, 0.2) is 0 Å². The first-order valence-corrected chi connectivity index (χ1v) is 8.84. The molecule has 10 heteroatoms. The summed E-state index contributed by atoms with van der Waals surface area (Å²) in [5.41, 5.74) is -0.221. The molecule has 0 radical (unpaired) electrons. The first-order valence-electron chi connectivity index (χ1n) is 8.84. The number of methoxy groups -OCH3 is 1. The molecule has 0 aliphatic carbocycles. The van der Waals surface area contributed by atoms with E-state index in [-0.39, 0.29) is 17.5 Å². The summed E-state index contributed by atoms with van der Waals surface area (Å²) >= 11 is 0. The number of aromatic nitrogens is 2. The van der Waals surface area contributed by atoms with Crippen LogP contribution in [0.15, 0.2) is 30.3 Å². The number of rotatable bonds is 3. The standard InChI is InChI=1S/C19H19F3N4O3/c1-12-23-15(19(20,21)22)11-16(24-12)25-7-9-26(10-8-25)17(27)13-3-5-14(6-4-13)18(28)29-2/h3-6,11H,7-10H2,1-2H3. The monoisotopic (exact) mass is 408 g/mol. The molecule has 29 heavy (non-hydrogen) atoms. The van der Waals surface area contributed by atoms with Gasteiger partial charge in [0, 0.05) is 37.8 Å². The molecule has 0 spiro atoms. The Labute approximate surface area is 165 Å². The lowest BCUT2D eigenvalue weighted by Crippen LogP contribution is -2.49. The summed E-state index contributed by atoms with van der Waals surface area (Å²) in [7, 11) is 1.28. The Balaban J connectivity index is 1.67. The predicted octanol–water partition coefficient (Wildman–Crippen LogP) is 2.55. The Bertz CT molecular complexity index is 908. The number of ether oxygens (including phenoxy) is 1. The Morgan fingerprint density at radius 3 is 2.14 bits per heavy atom. The average Bonchev–Trinajstić information content (AvgIpc) is 2.72. The van der Waals surface area contributed by atoms with Gasteiger partial charge < -0.3 is 14.5 Å². The average molecular weight is 408 g/mol. The van der Waals surface area contributed by atoms with Gasteiger partial charge in [-0.3, -0.25) is 4.79 Å². The number of nitrogens with zero attached hydrogens (tertiary/aromatic N) is 4. The molecule has 1 amide bonds. The molecule has 0 N–H and O–H groups in total. The van der Waals surface area contributed by atoms with Gasteiger partial charge in [-0.1, -0.05) is 0 Å². The van der Waals surface area contributed by atoms with E-state index in [1.807, 2.05) is 0 Å². The molecule has 0 saturated carbocycles. The zero-order chi connectivity index (χ0) is 21.2. The van der Waals surface area contributed by atoms with E-state index < -0.39 is 17.8 Å². The van der Waals surface area contributed by atoms with E-state index in [0.717, 1.165) is 6.07 Å². The summed E-state index contributed by atoms with van der Waals surface area (Å²) in [4.78, 5) is 35.0. The van der Waals surface area contributed by atoms with E-state index in [4.69, 9.17) is 0 Å². The molecule has 3 rings (SSSR count). The topological polar surface area (TPSA) is 75.6 Å². The maximum Gasteiger partial charge on any atom is 0.433 e. The van der Waals surface area contributed by atoms with Crippen LogP contribution in [0.1, 0.15) is 32.2 Å². The number of carbonyl (C=O) groups excluding carboxylic acids is 2. The fourth-order valence-corrected chi connectivity index (χ4v) is 3.05. The highest BCUT2D eigenvalue weighted by Crippen LogP contribution is 2.30. The molecule has 0 bridgehead atoms. The minimum Gasteiger partial charge on any atom is -0.465 e. The van der Waals surface area contributed by atoms with E-state index >= 15 is 0 Å². The lowest BCUT2D eigenvalue weighted by atomic mass is 10.1. The van der Waals surface area contributed by atoms with Crippen molar-refractivity contribution in [1.29, 1.82) is 0 Å². The van der Waals surface area contributed by atoms with Crippen molar-refractivity contribution in [2.45, 2.75) is 13.1 Å². The zero-order valence-electron chi connectivity index (χ0n) is 15.9. The van der Waals surface area contributed by atoms with Crippen LogP contribution in [0.3, 0.4) is 0 Å². The van der Waals surface area contributed by atoms with Gasteiger partial charge in [0.1, 0.15) is 17.3 Å². The maximum absolute atomic E-state index is 13.0. The lowest BCUT2D eigenvalue weighted by Gasteiger charge is -2.35. The summed E-state index contributed by atoms with van der Waals surface area (Å²) in [5.74, 6) is -0.467. The number of hydrogen-bond acceptors (Lipinski definition) is 6. The van der Waals surface area contributed by atoms with Crippen LogP contribution in [0.4, 0.5) is 19.0 Å². The number of piperazine rings is 1. The number of carbonyl (C=O) groups is 2. The normalized spacial score (nSPS) is 14.7. The number of benzene rings is 1. The molecule has 1 aliphatic heterocycles. The quantitative estimate of drug-likeness (QED) is 0.727. The van der Waals surface area contributed by atoms with Gasteiger partial charge in [-0.25, -0.2) is 14.8 Å². The van der Waals surface area contributed by atoms with Crippen molar-refractivity contribution < 1.29 is 27.5 Å². The van der Waals surface area contributed by atoms with Gasteiger partial charge in [-0.2, -0.15) is 13.2 Å². The number of alkyl halides is 3. The van der Waals surface area contributed by atoms with Crippen LogP contribution in [0.25, 0.3) is 0 Å². The SMILES string of the molecule is COC(=O)c1ccc(C(=O)N2CCN(c3cc(C(F)(F)F)nc(C)n3)CC2)cc1. The second-order valence-corrected chi connectivity index (χ2v) is 6.50. The molecule has 1 saturated heterocycles. The molecule has 1 aromatic carbocycles. The highest BCUT2D eigenvalue weighted by Gasteiger charge is 2.34. The largest absolute Gasteiger partial charge is 0.465 e. The van der Waals surface area contributed by atoms with Crippen molar-refractivity contribution in [3.63, 3.8) is 0 Å². The van der Waals surface area contributed by atoms with Crippen molar-refractivity contribution in [3.05, 3.63) is 53.0 Å². The first-order chi connectivity index (χ1) is 13.7. The number of amides is 1. The summed E-state index contributed by atoms with van der Waals surface area (Å²) < 4.78 is 43.6. The third-order valence-electron chi connectivity index (χ3n) is 4.56. The number of anilines is 1. The molecular formula is C19H19F3N4O3. The molecule has 7 nitrogen and oxygen atoms in total. The molecule has 2 aromatic rings. The minimum absolute atomic E-state index is 0.0408. The van der Waals surface area contributed by atoms with Crippen LogP contribution in [0.5, 0.6) is 0 Å². The molecule has 154 valence electrons. The van der Waals surface area contributed by atoms with E-state index in [9.17, 15) is 22.8 Å². The van der Waals surface area contributed by atoms with Crippen LogP contribution in [0.2, 0.25) is 0 Å². The van der Waals surface area contributed by atoms with Gasteiger partial charge in [-0.15, -0.1) is 0 Å². The second-order valence-electron chi connectivity index (χ2n) is 6.50. The number of halogens is 3. The predicted molar refractivity (Wildman–Crippen MR) is 97.7 cm³/mol. The summed E-state index contributed by atoms with van der Waals surface area (Å²) in [6, 6.07) is 7.04. The van der Waals surface area contributed by atoms with Crippen molar-refractivity contribution >= 4 is 17.7 Å². The van der Waals surface area contributed by atoms with Crippen LogP contribution in [0, 0.1) is 6.92 Å². The number of hydrogen-bond donors (Lipinski definition) is 0.